The first-order valence-electron chi connectivity index (χ1n) is 18.9. The van der Waals surface area contributed by atoms with Crippen molar-refractivity contribution >= 4 is 43.6 Å². The van der Waals surface area contributed by atoms with Gasteiger partial charge in [-0.15, -0.1) is 0 Å². The van der Waals surface area contributed by atoms with Crippen LogP contribution in [0.3, 0.4) is 0 Å². The molecule has 0 bridgehead atoms. The molecule has 4 heterocycles. The van der Waals surface area contributed by atoms with Crippen molar-refractivity contribution in [3.05, 3.63) is 200 Å². The second-order valence-corrected chi connectivity index (χ2v) is 14.1. The Bertz CT molecular complexity index is 3160. The topological polar surface area (TPSA) is 48.5 Å². The summed E-state index contributed by atoms with van der Waals surface area (Å²) in [7, 11) is 0. The zero-order chi connectivity index (χ0) is 37.0. The van der Waals surface area contributed by atoms with Gasteiger partial charge < -0.3 is 4.57 Å². The van der Waals surface area contributed by atoms with E-state index in [2.05, 4.69) is 167 Å². The molecule has 0 amide bonds. The minimum absolute atomic E-state index is 0.705. The van der Waals surface area contributed by atoms with Crippen molar-refractivity contribution in [2.45, 2.75) is 0 Å². The summed E-state index contributed by atoms with van der Waals surface area (Å²) < 4.78 is 4.69. The molecule has 0 fully saturated rings. The SMILES string of the molecule is c1ccc(-c2cccc(-n3c4ccccc4c4cc5c6ccccc6n(-c6ccc(-c7cc(-c8ccccc8)nc(-c8ccccc8)n7)cc6)c5cc43)n2)cc1. The highest BCUT2D eigenvalue weighted by Crippen LogP contribution is 2.40. The maximum Gasteiger partial charge on any atom is 0.160 e. The Morgan fingerprint density at radius 1 is 0.286 bits per heavy atom. The van der Waals surface area contributed by atoms with Gasteiger partial charge in [0.2, 0.25) is 0 Å². The van der Waals surface area contributed by atoms with E-state index < -0.39 is 0 Å². The van der Waals surface area contributed by atoms with Crippen LogP contribution in [0.1, 0.15) is 0 Å². The highest BCUT2D eigenvalue weighted by atomic mass is 15.1. The molecule has 11 aromatic rings. The molecule has 5 nitrogen and oxygen atoms in total. The van der Waals surface area contributed by atoms with Crippen LogP contribution < -0.4 is 0 Å². The average Bonchev–Trinajstić information content (AvgIpc) is 3.78. The zero-order valence-corrected chi connectivity index (χ0v) is 30.3. The number of benzene rings is 7. The maximum atomic E-state index is 5.22. The first-order chi connectivity index (χ1) is 27.8. The first-order valence-corrected chi connectivity index (χ1v) is 18.9. The van der Waals surface area contributed by atoms with Crippen LogP contribution in [0.2, 0.25) is 0 Å². The molecule has 4 aromatic heterocycles. The third-order valence-electron chi connectivity index (χ3n) is 10.7. The van der Waals surface area contributed by atoms with Gasteiger partial charge in [-0.3, -0.25) is 4.57 Å². The average molecular weight is 716 g/mol. The monoisotopic (exact) mass is 715 g/mol. The van der Waals surface area contributed by atoms with E-state index in [-0.39, 0.29) is 0 Å². The van der Waals surface area contributed by atoms with E-state index in [1.165, 1.54) is 21.5 Å². The first kappa shape index (κ1) is 31.9. The summed E-state index contributed by atoms with van der Waals surface area (Å²) in [6, 6.07) is 70.1. The lowest BCUT2D eigenvalue weighted by molar-refractivity contribution is 1.08. The quantitative estimate of drug-likeness (QED) is 0.172. The van der Waals surface area contributed by atoms with Crippen molar-refractivity contribution in [1.29, 1.82) is 0 Å². The summed E-state index contributed by atoms with van der Waals surface area (Å²) in [5.74, 6) is 1.59. The fourth-order valence-corrected chi connectivity index (χ4v) is 8.12. The predicted octanol–water partition coefficient (Wildman–Crippen LogP) is 12.7. The van der Waals surface area contributed by atoms with Crippen molar-refractivity contribution in [1.82, 2.24) is 24.1 Å². The van der Waals surface area contributed by atoms with Crippen LogP contribution in [-0.2, 0) is 0 Å². The lowest BCUT2D eigenvalue weighted by atomic mass is 10.1. The largest absolute Gasteiger partial charge is 0.309 e. The summed E-state index contributed by atoms with van der Waals surface area (Å²) in [6.45, 7) is 0. The van der Waals surface area contributed by atoms with Crippen molar-refractivity contribution < 1.29 is 0 Å². The van der Waals surface area contributed by atoms with Crippen molar-refractivity contribution in [2.24, 2.45) is 0 Å². The lowest BCUT2D eigenvalue weighted by Gasteiger charge is -2.12. The number of pyridine rings is 1. The van der Waals surface area contributed by atoms with E-state index >= 15 is 0 Å². The van der Waals surface area contributed by atoms with Crippen LogP contribution in [0.5, 0.6) is 0 Å². The smallest absolute Gasteiger partial charge is 0.160 e. The minimum Gasteiger partial charge on any atom is -0.309 e. The highest BCUT2D eigenvalue weighted by molar-refractivity contribution is 6.19. The van der Waals surface area contributed by atoms with Gasteiger partial charge in [0.1, 0.15) is 5.82 Å². The Morgan fingerprint density at radius 3 is 1.41 bits per heavy atom. The fourth-order valence-electron chi connectivity index (χ4n) is 8.12. The Morgan fingerprint density at radius 2 is 0.786 bits per heavy atom. The van der Waals surface area contributed by atoms with E-state index in [9.17, 15) is 0 Å². The third-order valence-corrected chi connectivity index (χ3v) is 10.7. The van der Waals surface area contributed by atoms with E-state index in [0.717, 1.165) is 72.9 Å². The molecule has 0 aliphatic carbocycles. The normalized spacial score (nSPS) is 11.6. The van der Waals surface area contributed by atoms with Crippen LogP contribution >= 0.6 is 0 Å². The molecule has 0 saturated carbocycles. The summed E-state index contributed by atoms with van der Waals surface area (Å²) >= 11 is 0. The molecule has 56 heavy (non-hydrogen) atoms. The summed E-state index contributed by atoms with van der Waals surface area (Å²) in [5.41, 5.74) is 12.5. The van der Waals surface area contributed by atoms with Gasteiger partial charge in [-0.05, 0) is 54.6 Å². The molecule has 5 heteroatoms. The van der Waals surface area contributed by atoms with E-state index in [0.29, 0.717) is 5.82 Å². The number of hydrogen-bond acceptors (Lipinski definition) is 3. The maximum absolute atomic E-state index is 5.22. The molecule has 7 aromatic carbocycles. The predicted molar refractivity (Wildman–Crippen MR) is 230 cm³/mol. The van der Waals surface area contributed by atoms with E-state index in [1.54, 1.807) is 0 Å². The number of nitrogens with zero attached hydrogens (tertiary/aromatic N) is 5. The number of para-hydroxylation sites is 2. The second-order valence-electron chi connectivity index (χ2n) is 14.1. The van der Waals surface area contributed by atoms with Gasteiger partial charge in [0.05, 0.1) is 39.1 Å². The van der Waals surface area contributed by atoms with Crippen LogP contribution in [-0.4, -0.2) is 24.1 Å². The number of rotatable bonds is 6. The van der Waals surface area contributed by atoms with Gasteiger partial charge in [-0.25, -0.2) is 15.0 Å². The van der Waals surface area contributed by atoms with Gasteiger partial charge in [-0.2, -0.15) is 0 Å². The van der Waals surface area contributed by atoms with Gasteiger partial charge in [0, 0.05) is 49.5 Å². The van der Waals surface area contributed by atoms with Gasteiger partial charge in [0.15, 0.2) is 5.82 Å². The Hall–Kier alpha value is -7.63. The summed E-state index contributed by atoms with van der Waals surface area (Å²) in [6.07, 6.45) is 0. The molecule has 0 aliphatic heterocycles. The summed E-state index contributed by atoms with van der Waals surface area (Å²) in [5, 5.41) is 4.82. The van der Waals surface area contributed by atoms with E-state index in [1.807, 2.05) is 42.5 Å². The fraction of sp³-hybridized carbons (Fsp3) is 0. The molecule has 0 unspecified atom stereocenters. The lowest BCUT2D eigenvalue weighted by Crippen LogP contribution is -1.99. The van der Waals surface area contributed by atoms with Crippen molar-refractivity contribution in [3.63, 3.8) is 0 Å². The number of hydrogen-bond donors (Lipinski definition) is 0. The minimum atomic E-state index is 0.705. The molecule has 262 valence electrons. The van der Waals surface area contributed by atoms with Crippen LogP contribution in [0.25, 0.3) is 100 Å². The Labute approximate surface area is 323 Å². The van der Waals surface area contributed by atoms with Crippen molar-refractivity contribution in [3.8, 4) is 56.7 Å². The molecule has 0 N–H and O–H groups in total. The number of aromatic nitrogens is 5. The molecule has 0 spiro atoms. The molecule has 0 aliphatic rings. The van der Waals surface area contributed by atoms with Gasteiger partial charge in [0.25, 0.3) is 0 Å². The molecular weight excluding hydrogens is 683 g/mol. The molecule has 11 rings (SSSR count). The third kappa shape index (κ3) is 5.29. The van der Waals surface area contributed by atoms with Gasteiger partial charge in [-0.1, -0.05) is 146 Å². The van der Waals surface area contributed by atoms with Crippen LogP contribution in [0.15, 0.2) is 200 Å². The van der Waals surface area contributed by atoms with Crippen LogP contribution in [0.4, 0.5) is 0 Å². The molecular formula is C51H33N5. The van der Waals surface area contributed by atoms with Crippen LogP contribution in [0, 0.1) is 0 Å². The molecule has 0 saturated heterocycles. The van der Waals surface area contributed by atoms with E-state index in [4.69, 9.17) is 15.0 Å². The second kappa shape index (κ2) is 13.0. The zero-order valence-electron chi connectivity index (χ0n) is 30.3. The standard InChI is InChI=1S/C51H33N5/c1-4-15-34(16-5-1)43-23-14-26-50(52-43)56-47-25-13-11-22-40(47)42-31-41-39-21-10-12-24-46(39)55(48(41)33-49(42)56)38-29-27-36(28-30-38)45-32-44(35-17-6-2-7-18-35)53-51(54-45)37-19-8-3-9-20-37/h1-33H. The molecule has 0 radical (unpaired) electrons. The Balaban J connectivity index is 1.09. The number of fused-ring (bicyclic) bond motifs is 6. The Kier molecular flexibility index (Phi) is 7.42. The van der Waals surface area contributed by atoms with Crippen molar-refractivity contribution in [2.75, 3.05) is 0 Å². The van der Waals surface area contributed by atoms with Gasteiger partial charge >= 0.3 is 0 Å². The molecule has 0 atom stereocenters. The summed E-state index contributed by atoms with van der Waals surface area (Å²) in [4.78, 5) is 15.3. The highest BCUT2D eigenvalue weighted by Gasteiger charge is 2.19.